The second-order valence-electron chi connectivity index (χ2n) is 5.24. The van der Waals surface area contributed by atoms with Gasteiger partial charge in [-0.2, -0.15) is 13.2 Å². The molecular formula is C13H21ClF3N3OS. The lowest BCUT2D eigenvalue weighted by Crippen LogP contribution is -2.48. The van der Waals surface area contributed by atoms with Gasteiger partial charge in [0.15, 0.2) is 5.69 Å². The van der Waals surface area contributed by atoms with Crippen LogP contribution in [0.5, 0.6) is 0 Å². The Morgan fingerprint density at radius 3 is 2.68 bits per heavy atom. The molecule has 0 aliphatic carbocycles. The number of piperidine rings is 1. The number of nitrogens with two attached hydrogens (primary N) is 1. The van der Waals surface area contributed by atoms with Gasteiger partial charge in [-0.25, -0.2) is 4.98 Å². The molecule has 2 heterocycles. The molecule has 2 rings (SSSR count). The Bertz CT molecular complexity index is 484. The first-order chi connectivity index (χ1) is 9.85. The van der Waals surface area contributed by atoms with Crippen LogP contribution in [-0.2, 0) is 17.5 Å². The molecule has 0 saturated carbocycles. The number of likely N-dealkylation sites (tertiary alicyclic amines) is 1. The average Bonchev–Trinajstić information content (AvgIpc) is 2.80. The standard InChI is InChI=1S/C13H20F3N3OS.ClH/c1-8-18-12(13(14,15)16)11(21-8)7-19-4-3-10(20-2)5-9(19)6-17;/h9-10H,3-7,17H2,1-2H3;1H. The number of aromatic nitrogens is 1. The van der Waals surface area contributed by atoms with Crippen molar-refractivity contribution < 1.29 is 17.9 Å². The Labute approximate surface area is 138 Å². The van der Waals surface area contributed by atoms with E-state index in [4.69, 9.17) is 10.5 Å². The zero-order valence-electron chi connectivity index (χ0n) is 12.5. The smallest absolute Gasteiger partial charge is 0.381 e. The summed E-state index contributed by atoms with van der Waals surface area (Å²) in [7, 11) is 1.65. The van der Waals surface area contributed by atoms with E-state index in [9.17, 15) is 13.2 Å². The third-order valence-corrected chi connectivity index (χ3v) is 4.77. The van der Waals surface area contributed by atoms with Crippen molar-refractivity contribution in [3.05, 3.63) is 15.6 Å². The maximum absolute atomic E-state index is 13.0. The molecule has 2 atom stereocenters. The van der Waals surface area contributed by atoms with Gasteiger partial charge in [0.25, 0.3) is 0 Å². The van der Waals surface area contributed by atoms with E-state index in [2.05, 4.69) is 4.98 Å². The second kappa shape index (κ2) is 7.92. The van der Waals surface area contributed by atoms with Crippen molar-refractivity contribution >= 4 is 23.7 Å². The molecule has 128 valence electrons. The Kier molecular flexibility index (Phi) is 7.07. The van der Waals surface area contributed by atoms with Crippen molar-refractivity contribution in [1.29, 1.82) is 0 Å². The number of thiazole rings is 1. The van der Waals surface area contributed by atoms with Crippen molar-refractivity contribution in [2.75, 3.05) is 20.2 Å². The van der Waals surface area contributed by atoms with Crippen LogP contribution in [0.4, 0.5) is 13.2 Å². The van der Waals surface area contributed by atoms with Crippen LogP contribution < -0.4 is 5.73 Å². The van der Waals surface area contributed by atoms with Gasteiger partial charge in [0, 0.05) is 32.8 Å². The molecule has 2 N–H and O–H groups in total. The number of halogens is 4. The summed E-state index contributed by atoms with van der Waals surface area (Å²) >= 11 is 1.11. The minimum absolute atomic E-state index is 0. The molecule has 1 aromatic heterocycles. The van der Waals surface area contributed by atoms with Crippen LogP contribution in [0, 0.1) is 6.92 Å². The first-order valence-corrected chi connectivity index (χ1v) is 7.67. The summed E-state index contributed by atoms with van der Waals surface area (Å²) in [5, 5.41) is 0.438. The third-order valence-electron chi connectivity index (χ3n) is 3.81. The topological polar surface area (TPSA) is 51.4 Å². The molecule has 1 aliphatic rings. The molecule has 0 radical (unpaired) electrons. The zero-order chi connectivity index (χ0) is 15.6. The fourth-order valence-corrected chi connectivity index (χ4v) is 3.69. The second-order valence-corrected chi connectivity index (χ2v) is 6.53. The molecule has 1 saturated heterocycles. The molecule has 0 aromatic carbocycles. The lowest BCUT2D eigenvalue weighted by molar-refractivity contribution is -0.141. The number of methoxy groups -OCH3 is 1. The van der Waals surface area contributed by atoms with Crippen LogP contribution in [0.25, 0.3) is 0 Å². The maximum atomic E-state index is 13.0. The van der Waals surface area contributed by atoms with Crippen LogP contribution in [-0.4, -0.2) is 42.2 Å². The molecule has 0 amide bonds. The predicted molar refractivity (Wildman–Crippen MR) is 82.4 cm³/mol. The van der Waals surface area contributed by atoms with E-state index < -0.39 is 11.9 Å². The van der Waals surface area contributed by atoms with E-state index in [1.165, 1.54) is 0 Å². The summed E-state index contributed by atoms with van der Waals surface area (Å²) in [6.07, 6.45) is -2.69. The fraction of sp³-hybridized carbons (Fsp3) is 0.769. The number of rotatable bonds is 4. The molecule has 1 aromatic rings. The van der Waals surface area contributed by atoms with Gasteiger partial charge in [-0.15, -0.1) is 23.7 Å². The number of hydrogen-bond donors (Lipinski definition) is 1. The van der Waals surface area contributed by atoms with Crippen LogP contribution in [0.1, 0.15) is 28.4 Å². The van der Waals surface area contributed by atoms with Gasteiger partial charge in [-0.05, 0) is 19.8 Å². The summed E-state index contributed by atoms with van der Waals surface area (Å²) in [5.41, 5.74) is 5.01. The number of nitrogens with zero attached hydrogens (tertiary/aromatic N) is 2. The van der Waals surface area contributed by atoms with Crippen molar-refractivity contribution in [2.45, 2.75) is 44.6 Å². The van der Waals surface area contributed by atoms with Crippen molar-refractivity contribution in [3.8, 4) is 0 Å². The Morgan fingerprint density at radius 1 is 1.45 bits per heavy atom. The van der Waals surface area contributed by atoms with Gasteiger partial charge < -0.3 is 10.5 Å². The monoisotopic (exact) mass is 359 g/mol. The molecule has 0 bridgehead atoms. The van der Waals surface area contributed by atoms with Gasteiger partial charge in [0.05, 0.1) is 16.0 Å². The lowest BCUT2D eigenvalue weighted by atomic mass is 9.99. The van der Waals surface area contributed by atoms with Gasteiger partial charge >= 0.3 is 6.18 Å². The number of hydrogen-bond acceptors (Lipinski definition) is 5. The zero-order valence-corrected chi connectivity index (χ0v) is 14.2. The van der Waals surface area contributed by atoms with E-state index in [-0.39, 0.29) is 36.0 Å². The summed E-state index contributed by atoms with van der Waals surface area (Å²) < 4.78 is 44.3. The first kappa shape index (κ1) is 19.6. The summed E-state index contributed by atoms with van der Waals surface area (Å²) in [4.78, 5) is 5.92. The van der Waals surface area contributed by atoms with Gasteiger partial charge in [-0.1, -0.05) is 0 Å². The van der Waals surface area contributed by atoms with Crippen LogP contribution in [0.15, 0.2) is 0 Å². The normalized spacial score (nSPS) is 23.4. The molecule has 4 nitrogen and oxygen atoms in total. The summed E-state index contributed by atoms with van der Waals surface area (Å²) in [6, 6.07) is 0.0483. The number of alkyl halides is 3. The highest BCUT2D eigenvalue weighted by Crippen LogP contribution is 2.35. The van der Waals surface area contributed by atoms with E-state index in [0.717, 1.165) is 24.2 Å². The molecule has 22 heavy (non-hydrogen) atoms. The minimum Gasteiger partial charge on any atom is -0.381 e. The van der Waals surface area contributed by atoms with Gasteiger partial charge in [-0.3, -0.25) is 4.90 Å². The molecule has 1 fully saturated rings. The van der Waals surface area contributed by atoms with Crippen LogP contribution in [0.3, 0.4) is 0 Å². The van der Waals surface area contributed by atoms with E-state index in [0.29, 0.717) is 18.1 Å². The SMILES string of the molecule is COC1CCN(Cc2sc(C)nc2C(F)(F)F)C(CN)C1.Cl. The lowest BCUT2D eigenvalue weighted by Gasteiger charge is -2.38. The molecular weight excluding hydrogens is 339 g/mol. The van der Waals surface area contributed by atoms with Crippen LogP contribution >= 0.6 is 23.7 Å². The predicted octanol–water partition coefficient (Wildman–Crippen LogP) is 2.83. The Balaban J connectivity index is 0.00000242. The number of ether oxygens (including phenoxy) is 1. The van der Waals surface area contributed by atoms with Gasteiger partial charge in [0.2, 0.25) is 0 Å². The summed E-state index contributed by atoms with van der Waals surface area (Å²) in [6.45, 7) is 2.95. The molecule has 2 unspecified atom stereocenters. The van der Waals surface area contributed by atoms with Crippen molar-refractivity contribution in [2.24, 2.45) is 5.73 Å². The van der Waals surface area contributed by atoms with E-state index in [1.807, 2.05) is 4.90 Å². The largest absolute Gasteiger partial charge is 0.434 e. The minimum atomic E-state index is -4.40. The summed E-state index contributed by atoms with van der Waals surface area (Å²) in [5.74, 6) is 0. The Hall–Kier alpha value is -0.410. The maximum Gasteiger partial charge on any atom is 0.434 e. The highest BCUT2D eigenvalue weighted by Gasteiger charge is 2.38. The third kappa shape index (κ3) is 4.55. The first-order valence-electron chi connectivity index (χ1n) is 6.85. The highest BCUT2D eigenvalue weighted by atomic mass is 35.5. The molecule has 0 spiro atoms. The average molecular weight is 360 g/mol. The van der Waals surface area contributed by atoms with E-state index >= 15 is 0 Å². The molecule has 1 aliphatic heterocycles. The van der Waals surface area contributed by atoms with Gasteiger partial charge in [0.1, 0.15) is 0 Å². The van der Waals surface area contributed by atoms with Crippen molar-refractivity contribution in [3.63, 3.8) is 0 Å². The highest BCUT2D eigenvalue weighted by molar-refractivity contribution is 7.11. The fourth-order valence-electron chi connectivity index (χ4n) is 2.71. The molecule has 9 heteroatoms. The number of aryl methyl sites for hydroxylation is 1. The Morgan fingerprint density at radius 2 is 2.14 bits per heavy atom. The van der Waals surface area contributed by atoms with Crippen molar-refractivity contribution in [1.82, 2.24) is 9.88 Å². The van der Waals surface area contributed by atoms with Crippen LogP contribution in [0.2, 0.25) is 0 Å². The quantitative estimate of drug-likeness (QED) is 0.898. The van der Waals surface area contributed by atoms with E-state index in [1.54, 1.807) is 14.0 Å².